The summed E-state index contributed by atoms with van der Waals surface area (Å²) in [6, 6.07) is 10.6. The van der Waals surface area contributed by atoms with Crippen LogP contribution >= 0.6 is 22.9 Å². The number of aromatic nitrogens is 2. The Balaban J connectivity index is 2.05. The lowest BCUT2D eigenvalue weighted by atomic mass is 10.2. The Hall–Kier alpha value is -2.56. The molecule has 142 valence electrons. The topological polar surface area (TPSA) is 111 Å². The summed E-state index contributed by atoms with van der Waals surface area (Å²) in [6.07, 6.45) is -1.55. The Bertz CT molecular complexity index is 1110. The SMILES string of the molecule is Cc1nn(C)c(Cl)c1S(=O)(=O)Nc1cc(-c2ccccc2)sc1OC(=O)O. The molecule has 0 saturated carbocycles. The van der Waals surface area contributed by atoms with Crippen molar-refractivity contribution in [3.05, 3.63) is 47.2 Å². The van der Waals surface area contributed by atoms with Gasteiger partial charge in [0.05, 0.1) is 5.69 Å². The van der Waals surface area contributed by atoms with Crippen molar-refractivity contribution < 1.29 is 23.1 Å². The highest BCUT2D eigenvalue weighted by molar-refractivity contribution is 7.93. The van der Waals surface area contributed by atoms with Crippen LogP contribution < -0.4 is 9.46 Å². The van der Waals surface area contributed by atoms with E-state index in [1.54, 1.807) is 0 Å². The van der Waals surface area contributed by atoms with Gasteiger partial charge < -0.3 is 9.84 Å². The Kier molecular flexibility index (Phi) is 5.13. The number of sulfonamides is 1. The molecule has 0 atom stereocenters. The zero-order chi connectivity index (χ0) is 19.8. The first-order chi connectivity index (χ1) is 12.7. The second kappa shape index (κ2) is 7.22. The average Bonchev–Trinajstić information content (AvgIpc) is 3.08. The van der Waals surface area contributed by atoms with Crippen LogP contribution in [0.5, 0.6) is 5.06 Å². The van der Waals surface area contributed by atoms with Crippen LogP contribution in [0, 0.1) is 6.92 Å². The number of hydrogen-bond acceptors (Lipinski definition) is 6. The minimum Gasteiger partial charge on any atom is -0.449 e. The number of carboxylic acid groups (broad SMARTS) is 1. The number of anilines is 1. The molecule has 27 heavy (non-hydrogen) atoms. The number of rotatable bonds is 5. The first-order valence-electron chi connectivity index (χ1n) is 7.51. The van der Waals surface area contributed by atoms with Crippen LogP contribution in [0.4, 0.5) is 10.5 Å². The fourth-order valence-corrected chi connectivity index (χ4v) is 5.29. The summed E-state index contributed by atoms with van der Waals surface area (Å²) in [4.78, 5) is 11.4. The molecule has 11 heteroatoms. The fourth-order valence-electron chi connectivity index (χ4n) is 2.46. The summed E-state index contributed by atoms with van der Waals surface area (Å²) in [6.45, 7) is 1.51. The van der Waals surface area contributed by atoms with Gasteiger partial charge in [0.1, 0.15) is 15.7 Å². The zero-order valence-electron chi connectivity index (χ0n) is 14.1. The van der Waals surface area contributed by atoms with Crippen molar-refractivity contribution in [1.82, 2.24) is 9.78 Å². The zero-order valence-corrected chi connectivity index (χ0v) is 16.5. The van der Waals surface area contributed by atoms with Gasteiger partial charge in [-0.2, -0.15) is 5.10 Å². The number of thiophene rings is 1. The van der Waals surface area contributed by atoms with E-state index in [1.165, 1.54) is 24.7 Å². The molecule has 2 aromatic heterocycles. The molecule has 0 aliphatic rings. The van der Waals surface area contributed by atoms with E-state index in [2.05, 4.69) is 9.82 Å². The molecule has 0 unspecified atom stereocenters. The predicted molar refractivity (Wildman–Crippen MR) is 102 cm³/mol. The Morgan fingerprint density at radius 1 is 1.33 bits per heavy atom. The second-order valence-electron chi connectivity index (χ2n) is 5.48. The number of nitrogens with one attached hydrogen (secondary N) is 1. The van der Waals surface area contributed by atoms with Gasteiger partial charge in [-0.05, 0) is 18.6 Å². The van der Waals surface area contributed by atoms with E-state index >= 15 is 0 Å². The van der Waals surface area contributed by atoms with E-state index in [-0.39, 0.29) is 26.5 Å². The Morgan fingerprint density at radius 2 is 2.00 bits per heavy atom. The van der Waals surface area contributed by atoms with Crippen LogP contribution in [0.1, 0.15) is 5.69 Å². The van der Waals surface area contributed by atoms with Crippen LogP contribution in [0.25, 0.3) is 10.4 Å². The minimum absolute atomic E-state index is 0.000530. The van der Waals surface area contributed by atoms with Crippen molar-refractivity contribution in [2.75, 3.05) is 4.72 Å². The van der Waals surface area contributed by atoms with Crippen molar-refractivity contribution in [2.24, 2.45) is 7.05 Å². The maximum Gasteiger partial charge on any atom is 0.512 e. The predicted octanol–water partition coefficient (Wildman–Crippen LogP) is 3.97. The van der Waals surface area contributed by atoms with E-state index in [9.17, 15) is 13.2 Å². The lowest BCUT2D eigenvalue weighted by Gasteiger charge is -2.07. The van der Waals surface area contributed by atoms with E-state index < -0.39 is 16.2 Å². The van der Waals surface area contributed by atoms with Crippen molar-refractivity contribution in [3.8, 4) is 15.5 Å². The third kappa shape index (κ3) is 3.92. The molecule has 3 rings (SSSR count). The van der Waals surface area contributed by atoms with Crippen LogP contribution in [0.3, 0.4) is 0 Å². The van der Waals surface area contributed by atoms with Gasteiger partial charge >= 0.3 is 6.16 Å². The standard InChI is InChI=1S/C16H14ClN3O5S2/c1-9-13(14(17)20(2)18-9)27(23,24)19-11-8-12(10-6-4-3-5-7-10)26-15(11)25-16(21)22/h3-8,19H,1-2H3,(H,21,22). The monoisotopic (exact) mass is 427 g/mol. The maximum absolute atomic E-state index is 12.8. The molecule has 0 saturated heterocycles. The minimum atomic E-state index is -4.11. The molecule has 1 aromatic carbocycles. The second-order valence-corrected chi connectivity index (χ2v) is 8.47. The van der Waals surface area contributed by atoms with Gasteiger partial charge in [0.2, 0.25) is 5.06 Å². The smallest absolute Gasteiger partial charge is 0.449 e. The fraction of sp³-hybridized carbons (Fsp3) is 0.125. The highest BCUT2D eigenvalue weighted by Gasteiger charge is 2.27. The lowest BCUT2D eigenvalue weighted by molar-refractivity contribution is 0.146. The van der Waals surface area contributed by atoms with E-state index in [1.807, 2.05) is 30.3 Å². The van der Waals surface area contributed by atoms with Crippen molar-refractivity contribution in [2.45, 2.75) is 11.8 Å². The third-order valence-electron chi connectivity index (χ3n) is 3.55. The molecule has 0 spiro atoms. The molecule has 0 amide bonds. The van der Waals surface area contributed by atoms with Crippen molar-refractivity contribution >= 4 is 44.8 Å². The Morgan fingerprint density at radius 3 is 2.56 bits per heavy atom. The number of halogens is 1. The summed E-state index contributed by atoms with van der Waals surface area (Å²) >= 11 is 7.06. The highest BCUT2D eigenvalue weighted by atomic mass is 35.5. The van der Waals surface area contributed by atoms with Gasteiger partial charge in [-0.15, -0.1) is 0 Å². The number of benzene rings is 1. The molecule has 8 nitrogen and oxygen atoms in total. The number of carbonyl (C=O) groups is 1. The molecule has 0 bridgehead atoms. The van der Waals surface area contributed by atoms with Gasteiger partial charge in [-0.25, -0.2) is 13.2 Å². The molecule has 0 radical (unpaired) electrons. The van der Waals surface area contributed by atoms with Crippen LogP contribution in [0.2, 0.25) is 5.15 Å². The van der Waals surface area contributed by atoms with Crippen molar-refractivity contribution in [3.63, 3.8) is 0 Å². The van der Waals surface area contributed by atoms with Crippen LogP contribution in [0.15, 0.2) is 41.3 Å². The molecule has 0 aliphatic heterocycles. The van der Waals surface area contributed by atoms with E-state index in [0.29, 0.717) is 4.88 Å². The molecule has 2 N–H and O–H groups in total. The summed E-state index contributed by atoms with van der Waals surface area (Å²) in [5.74, 6) is 0. The first-order valence-corrected chi connectivity index (χ1v) is 10.2. The van der Waals surface area contributed by atoms with Crippen molar-refractivity contribution in [1.29, 1.82) is 0 Å². The normalized spacial score (nSPS) is 11.4. The first kappa shape index (κ1) is 19.2. The van der Waals surface area contributed by atoms with Gasteiger partial charge in [-0.3, -0.25) is 9.40 Å². The molecule has 3 aromatic rings. The van der Waals surface area contributed by atoms with Crippen LogP contribution in [-0.2, 0) is 17.1 Å². The highest BCUT2D eigenvalue weighted by Crippen LogP contribution is 2.42. The summed E-state index contributed by atoms with van der Waals surface area (Å²) in [7, 11) is -2.59. The lowest BCUT2D eigenvalue weighted by Crippen LogP contribution is -2.15. The van der Waals surface area contributed by atoms with Gasteiger partial charge in [0.25, 0.3) is 10.0 Å². The molecular weight excluding hydrogens is 414 g/mol. The molecule has 0 fully saturated rings. The molecule has 0 aliphatic carbocycles. The molecular formula is C16H14ClN3O5S2. The summed E-state index contributed by atoms with van der Waals surface area (Å²) < 4.78 is 33.9. The van der Waals surface area contributed by atoms with E-state index in [0.717, 1.165) is 16.9 Å². The largest absolute Gasteiger partial charge is 0.512 e. The average molecular weight is 428 g/mol. The quantitative estimate of drug-likeness (QED) is 0.596. The molecule has 2 heterocycles. The van der Waals surface area contributed by atoms with Gasteiger partial charge in [0.15, 0.2) is 0 Å². The maximum atomic E-state index is 12.8. The van der Waals surface area contributed by atoms with Gasteiger partial charge in [0, 0.05) is 11.9 Å². The Labute approximate surface area is 164 Å². The van der Waals surface area contributed by atoms with Gasteiger partial charge in [-0.1, -0.05) is 53.3 Å². The number of nitrogens with zero attached hydrogens (tertiary/aromatic N) is 2. The van der Waals surface area contributed by atoms with E-state index in [4.69, 9.17) is 21.4 Å². The number of ether oxygens (including phenoxy) is 1. The number of hydrogen-bond donors (Lipinski definition) is 2. The number of aryl methyl sites for hydroxylation is 2. The third-order valence-corrected chi connectivity index (χ3v) is 6.67. The van der Waals surface area contributed by atoms with Crippen LogP contribution in [-0.4, -0.2) is 29.5 Å². The summed E-state index contributed by atoms with van der Waals surface area (Å²) in [5.41, 5.74) is 1.01. The summed E-state index contributed by atoms with van der Waals surface area (Å²) in [5, 5.41) is 12.8.